The minimum Gasteiger partial charge on any atom is -0.385 e. The second kappa shape index (κ2) is 6.58. The van der Waals surface area contributed by atoms with Gasteiger partial charge >= 0.3 is 0 Å². The van der Waals surface area contributed by atoms with Gasteiger partial charge in [-0.05, 0) is 49.8 Å². The first-order valence-corrected chi connectivity index (χ1v) is 8.39. The van der Waals surface area contributed by atoms with Gasteiger partial charge in [-0.1, -0.05) is 25.7 Å². The van der Waals surface area contributed by atoms with E-state index >= 15 is 0 Å². The second-order valence-corrected chi connectivity index (χ2v) is 6.86. The Kier molecular flexibility index (Phi) is 5.26. The molecule has 20 heavy (non-hydrogen) atoms. The van der Waals surface area contributed by atoms with Gasteiger partial charge in [0.15, 0.2) is 0 Å². The smallest absolute Gasteiger partial charge is 0.115 e. The molecule has 2 rings (SSSR count). The van der Waals surface area contributed by atoms with Crippen LogP contribution < -0.4 is 0 Å². The average molecular weight is 344 g/mol. The Labute approximate surface area is 130 Å². The van der Waals surface area contributed by atoms with Gasteiger partial charge in [0.05, 0.1) is 21.9 Å². The van der Waals surface area contributed by atoms with Gasteiger partial charge in [-0.15, -0.1) is 0 Å². The molecule has 1 heterocycles. The Bertz CT molecular complexity index is 436. The minimum absolute atomic E-state index is 0.175. The van der Waals surface area contributed by atoms with Crippen LogP contribution in [0.5, 0.6) is 0 Å². The molecule has 0 spiro atoms. The van der Waals surface area contributed by atoms with E-state index in [-0.39, 0.29) is 5.54 Å². The maximum atomic E-state index is 11.1. The first kappa shape index (κ1) is 16.0. The highest BCUT2D eigenvalue weighted by atomic mass is 79.9. The Morgan fingerprint density at radius 3 is 2.45 bits per heavy atom. The molecule has 1 aliphatic carbocycles. The molecule has 0 bridgehead atoms. The average Bonchev–Trinajstić information content (AvgIpc) is 2.65. The molecule has 0 saturated heterocycles. The number of aromatic nitrogens is 2. The Hall–Kier alpha value is -0.390. The summed E-state index contributed by atoms with van der Waals surface area (Å²) in [4.78, 5) is 2.22. The lowest BCUT2D eigenvalue weighted by Crippen LogP contribution is -2.49. The molecular weight excluding hydrogens is 318 g/mol. The predicted octanol–water partition coefficient (Wildman–Crippen LogP) is 3.35. The van der Waals surface area contributed by atoms with Gasteiger partial charge in [-0.2, -0.15) is 5.10 Å². The van der Waals surface area contributed by atoms with E-state index in [1.807, 2.05) is 4.68 Å². The fraction of sp³-hybridized carbons (Fsp3) is 0.800. The fourth-order valence-electron chi connectivity index (χ4n) is 3.46. The molecule has 1 aliphatic rings. The summed E-state index contributed by atoms with van der Waals surface area (Å²) in [6.07, 6.45) is 8.30. The molecular formula is C15H26BrN3O. The van der Waals surface area contributed by atoms with Crippen LogP contribution in [-0.4, -0.2) is 39.4 Å². The van der Waals surface area contributed by atoms with E-state index in [0.29, 0.717) is 0 Å². The van der Waals surface area contributed by atoms with Crippen LogP contribution in [0.15, 0.2) is 10.7 Å². The van der Waals surface area contributed by atoms with Crippen molar-refractivity contribution in [2.75, 3.05) is 14.1 Å². The van der Waals surface area contributed by atoms with Crippen LogP contribution in [0.4, 0.5) is 0 Å². The normalized spacial score (nSPS) is 20.9. The third-order valence-corrected chi connectivity index (χ3v) is 5.37. The van der Waals surface area contributed by atoms with Gasteiger partial charge in [0.2, 0.25) is 0 Å². The van der Waals surface area contributed by atoms with E-state index in [2.05, 4.69) is 46.9 Å². The van der Waals surface area contributed by atoms with E-state index in [0.717, 1.165) is 29.6 Å². The standard InChI is InChI=1S/C15H26BrN3O/c1-4-19-13(12(16)11-17-19)14(20)15(18(2)3)9-7-5-6-8-10-15/h11,14,20H,4-10H2,1-3H3. The lowest BCUT2D eigenvalue weighted by molar-refractivity contribution is -0.0249. The second-order valence-electron chi connectivity index (χ2n) is 6.01. The van der Waals surface area contributed by atoms with Crippen molar-refractivity contribution in [3.63, 3.8) is 0 Å². The van der Waals surface area contributed by atoms with Crippen LogP contribution in [-0.2, 0) is 6.54 Å². The van der Waals surface area contributed by atoms with E-state index in [1.54, 1.807) is 6.20 Å². The van der Waals surface area contributed by atoms with Crippen LogP contribution in [0.1, 0.15) is 57.2 Å². The summed E-state index contributed by atoms with van der Waals surface area (Å²) >= 11 is 3.56. The highest BCUT2D eigenvalue weighted by molar-refractivity contribution is 9.10. The zero-order chi connectivity index (χ0) is 14.8. The summed E-state index contributed by atoms with van der Waals surface area (Å²) in [6, 6.07) is 0. The quantitative estimate of drug-likeness (QED) is 0.852. The summed E-state index contributed by atoms with van der Waals surface area (Å²) < 4.78 is 2.82. The number of hydrogen-bond donors (Lipinski definition) is 1. The van der Waals surface area contributed by atoms with Crippen molar-refractivity contribution in [2.45, 2.75) is 63.6 Å². The zero-order valence-electron chi connectivity index (χ0n) is 12.8. The van der Waals surface area contributed by atoms with Gasteiger partial charge in [-0.25, -0.2) is 0 Å². The lowest BCUT2D eigenvalue weighted by atomic mass is 9.81. The number of aryl methyl sites for hydroxylation is 1. The molecule has 1 aromatic rings. The maximum Gasteiger partial charge on any atom is 0.115 e. The van der Waals surface area contributed by atoms with E-state index in [9.17, 15) is 5.11 Å². The molecule has 1 atom stereocenters. The minimum atomic E-state index is -0.507. The van der Waals surface area contributed by atoms with Crippen LogP contribution in [0.25, 0.3) is 0 Å². The van der Waals surface area contributed by atoms with Crippen LogP contribution in [0.2, 0.25) is 0 Å². The number of nitrogens with zero attached hydrogens (tertiary/aromatic N) is 3. The summed E-state index contributed by atoms with van der Waals surface area (Å²) in [7, 11) is 4.18. The molecule has 0 amide bonds. The highest BCUT2D eigenvalue weighted by Crippen LogP contribution is 2.42. The molecule has 0 aliphatic heterocycles. The van der Waals surface area contributed by atoms with Crippen LogP contribution in [0, 0.1) is 0 Å². The number of hydrogen-bond acceptors (Lipinski definition) is 3. The van der Waals surface area contributed by atoms with Crippen molar-refractivity contribution in [1.29, 1.82) is 0 Å². The molecule has 4 nitrogen and oxygen atoms in total. The molecule has 114 valence electrons. The molecule has 1 fully saturated rings. The van der Waals surface area contributed by atoms with Crippen molar-refractivity contribution >= 4 is 15.9 Å². The molecule has 1 unspecified atom stereocenters. The Morgan fingerprint density at radius 2 is 1.95 bits per heavy atom. The predicted molar refractivity (Wildman–Crippen MR) is 84.7 cm³/mol. The SMILES string of the molecule is CCn1ncc(Br)c1C(O)C1(N(C)C)CCCCCC1. The van der Waals surface area contributed by atoms with Crippen LogP contribution >= 0.6 is 15.9 Å². The molecule has 0 radical (unpaired) electrons. The van der Waals surface area contributed by atoms with Crippen molar-refractivity contribution in [3.8, 4) is 0 Å². The number of rotatable bonds is 4. The topological polar surface area (TPSA) is 41.3 Å². The summed E-state index contributed by atoms with van der Waals surface area (Å²) in [5.74, 6) is 0. The van der Waals surface area contributed by atoms with E-state index in [1.165, 1.54) is 25.7 Å². The molecule has 0 aromatic carbocycles. The monoisotopic (exact) mass is 343 g/mol. The van der Waals surface area contributed by atoms with Gasteiger partial charge in [0.1, 0.15) is 6.10 Å². The Balaban J connectivity index is 2.40. The summed E-state index contributed by atoms with van der Waals surface area (Å²) in [5.41, 5.74) is 0.745. The van der Waals surface area contributed by atoms with Crippen molar-refractivity contribution in [1.82, 2.24) is 14.7 Å². The maximum absolute atomic E-state index is 11.1. The van der Waals surface area contributed by atoms with E-state index in [4.69, 9.17) is 0 Å². The molecule has 1 saturated carbocycles. The number of aliphatic hydroxyl groups is 1. The van der Waals surface area contributed by atoms with Crippen molar-refractivity contribution < 1.29 is 5.11 Å². The van der Waals surface area contributed by atoms with Gasteiger partial charge in [-0.3, -0.25) is 4.68 Å². The molecule has 5 heteroatoms. The number of likely N-dealkylation sites (N-methyl/N-ethyl adjacent to an activating group) is 1. The first-order valence-electron chi connectivity index (χ1n) is 7.59. The van der Waals surface area contributed by atoms with Crippen molar-refractivity contribution in [2.24, 2.45) is 0 Å². The number of halogens is 1. The highest BCUT2D eigenvalue weighted by Gasteiger charge is 2.43. The third-order valence-electron chi connectivity index (χ3n) is 4.76. The first-order chi connectivity index (χ1) is 9.53. The van der Waals surface area contributed by atoms with E-state index < -0.39 is 6.10 Å². The summed E-state index contributed by atoms with van der Waals surface area (Å²) in [6.45, 7) is 2.84. The largest absolute Gasteiger partial charge is 0.385 e. The fourth-order valence-corrected chi connectivity index (χ4v) is 3.97. The molecule has 1 aromatic heterocycles. The van der Waals surface area contributed by atoms with Gasteiger partial charge in [0.25, 0.3) is 0 Å². The van der Waals surface area contributed by atoms with Crippen LogP contribution in [0.3, 0.4) is 0 Å². The zero-order valence-corrected chi connectivity index (χ0v) is 14.4. The third kappa shape index (κ3) is 2.81. The van der Waals surface area contributed by atoms with Gasteiger partial charge < -0.3 is 10.0 Å². The summed E-state index contributed by atoms with van der Waals surface area (Å²) in [5, 5.41) is 15.5. The Morgan fingerprint density at radius 1 is 1.35 bits per heavy atom. The number of aliphatic hydroxyl groups excluding tert-OH is 1. The van der Waals surface area contributed by atoms with Gasteiger partial charge in [0, 0.05) is 6.54 Å². The van der Waals surface area contributed by atoms with Crippen molar-refractivity contribution in [3.05, 3.63) is 16.4 Å². The lowest BCUT2D eigenvalue weighted by Gasteiger charge is -2.43. The molecule has 1 N–H and O–H groups in total.